The van der Waals surface area contributed by atoms with Crippen LogP contribution < -0.4 is 5.32 Å². The zero-order chi connectivity index (χ0) is 15.2. The maximum Gasteiger partial charge on any atom is 0.159 e. The van der Waals surface area contributed by atoms with Crippen molar-refractivity contribution in [3.63, 3.8) is 0 Å². The predicted molar refractivity (Wildman–Crippen MR) is 88.9 cm³/mol. The van der Waals surface area contributed by atoms with Crippen molar-refractivity contribution < 1.29 is 0 Å². The number of aryl methyl sites for hydroxylation is 2. The van der Waals surface area contributed by atoms with Crippen LogP contribution >= 0.6 is 11.6 Å². The van der Waals surface area contributed by atoms with Crippen LogP contribution in [0.4, 0.5) is 0 Å². The Hall–Kier alpha value is -1.45. The number of likely N-dealkylation sites (N-methyl/N-ethyl adjacent to an activating group) is 1. The molecule has 0 saturated heterocycles. The van der Waals surface area contributed by atoms with Crippen LogP contribution in [0.2, 0.25) is 5.02 Å². The second-order valence-corrected chi connectivity index (χ2v) is 5.42. The number of nitrogens with one attached hydrogen (secondary N) is 1. The maximum absolute atomic E-state index is 5.95. The van der Waals surface area contributed by atoms with E-state index in [1.54, 1.807) is 0 Å². The quantitative estimate of drug-likeness (QED) is 0.884. The Balaban J connectivity index is 2.46. The van der Waals surface area contributed by atoms with E-state index in [1.807, 2.05) is 31.3 Å². The van der Waals surface area contributed by atoms with E-state index in [1.165, 1.54) is 5.56 Å². The Kier molecular flexibility index (Phi) is 5.71. The van der Waals surface area contributed by atoms with Crippen molar-refractivity contribution in [2.75, 3.05) is 13.6 Å². The molecule has 0 radical (unpaired) electrons. The van der Waals surface area contributed by atoms with Crippen LogP contribution in [0.1, 0.15) is 30.8 Å². The van der Waals surface area contributed by atoms with Gasteiger partial charge in [0.2, 0.25) is 0 Å². The monoisotopic (exact) mass is 303 g/mol. The normalized spacial score (nSPS) is 10.9. The van der Waals surface area contributed by atoms with E-state index in [2.05, 4.69) is 19.2 Å². The van der Waals surface area contributed by atoms with Crippen molar-refractivity contribution in [2.24, 2.45) is 0 Å². The fourth-order valence-electron chi connectivity index (χ4n) is 2.43. The first kappa shape index (κ1) is 15.9. The lowest BCUT2D eigenvalue weighted by atomic mass is 10.0. The minimum Gasteiger partial charge on any atom is -0.319 e. The second-order valence-electron chi connectivity index (χ2n) is 4.99. The van der Waals surface area contributed by atoms with Crippen LogP contribution in [-0.2, 0) is 19.3 Å². The molecule has 0 fully saturated rings. The Labute approximate surface area is 131 Å². The molecule has 4 heteroatoms. The van der Waals surface area contributed by atoms with Gasteiger partial charge in [-0.2, -0.15) is 0 Å². The fraction of sp³-hybridized carbons (Fsp3) is 0.412. The van der Waals surface area contributed by atoms with Gasteiger partial charge in [0.1, 0.15) is 0 Å². The van der Waals surface area contributed by atoms with Gasteiger partial charge in [-0.05, 0) is 62.7 Å². The number of aromatic nitrogens is 2. The summed E-state index contributed by atoms with van der Waals surface area (Å²) in [7, 11) is 1.97. The Morgan fingerprint density at radius 1 is 1.00 bits per heavy atom. The highest BCUT2D eigenvalue weighted by Crippen LogP contribution is 2.22. The summed E-state index contributed by atoms with van der Waals surface area (Å²) in [4.78, 5) is 9.54. The summed E-state index contributed by atoms with van der Waals surface area (Å²) in [6.07, 6.45) is 2.83. The topological polar surface area (TPSA) is 37.8 Å². The molecule has 1 heterocycles. The van der Waals surface area contributed by atoms with E-state index in [4.69, 9.17) is 21.6 Å². The molecule has 0 amide bonds. The third-order valence-electron chi connectivity index (χ3n) is 3.58. The van der Waals surface area contributed by atoms with Crippen molar-refractivity contribution in [1.29, 1.82) is 0 Å². The van der Waals surface area contributed by atoms with Gasteiger partial charge in [-0.1, -0.05) is 25.4 Å². The number of hydrogen-bond donors (Lipinski definition) is 1. The number of nitrogens with zero attached hydrogens (tertiary/aromatic N) is 2. The van der Waals surface area contributed by atoms with Gasteiger partial charge in [0.15, 0.2) is 5.82 Å². The Morgan fingerprint density at radius 3 is 2.05 bits per heavy atom. The van der Waals surface area contributed by atoms with Gasteiger partial charge >= 0.3 is 0 Å². The molecule has 0 atom stereocenters. The highest BCUT2D eigenvalue weighted by Gasteiger charge is 2.13. The predicted octanol–water partition coefficient (Wildman–Crippen LogP) is 3.68. The first-order valence-corrected chi connectivity index (χ1v) is 7.86. The molecule has 21 heavy (non-hydrogen) atoms. The zero-order valence-electron chi connectivity index (χ0n) is 12.9. The molecule has 0 unspecified atom stereocenters. The molecule has 1 aromatic heterocycles. The maximum atomic E-state index is 5.95. The first-order valence-electron chi connectivity index (χ1n) is 7.48. The third-order valence-corrected chi connectivity index (χ3v) is 3.83. The first-order chi connectivity index (χ1) is 10.2. The number of rotatable bonds is 6. The van der Waals surface area contributed by atoms with Gasteiger partial charge in [-0.15, -0.1) is 0 Å². The van der Waals surface area contributed by atoms with Crippen LogP contribution in [0.25, 0.3) is 11.4 Å². The van der Waals surface area contributed by atoms with E-state index < -0.39 is 0 Å². The molecular weight excluding hydrogens is 282 g/mol. The minimum atomic E-state index is 0.732. The van der Waals surface area contributed by atoms with E-state index in [9.17, 15) is 0 Å². The van der Waals surface area contributed by atoms with Crippen molar-refractivity contribution in [3.05, 3.63) is 46.2 Å². The molecular formula is C17H22ClN3. The molecule has 0 bridgehead atoms. The van der Waals surface area contributed by atoms with Crippen molar-refractivity contribution in [2.45, 2.75) is 33.1 Å². The fourth-order valence-corrected chi connectivity index (χ4v) is 2.56. The summed E-state index contributed by atoms with van der Waals surface area (Å²) in [6.45, 7) is 5.25. The van der Waals surface area contributed by atoms with Gasteiger partial charge in [-0.3, -0.25) is 0 Å². The molecule has 0 aliphatic heterocycles. The number of halogens is 1. The smallest absolute Gasteiger partial charge is 0.159 e. The van der Waals surface area contributed by atoms with Gasteiger partial charge in [0.25, 0.3) is 0 Å². The zero-order valence-corrected chi connectivity index (χ0v) is 13.7. The molecule has 0 aliphatic rings. The van der Waals surface area contributed by atoms with Crippen LogP contribution in [0.15, 0.2) is 24.3 Å². The van der Waals surface area contributed by atoms with Gasteiger partial charge < -0.3 is 5.32 Å². The molecule has 112 valence electrons. The van der Waals surface area contributed by atoms with Crippen LogP contribution in [-0.4, -0.2) is 23.6 Å². The van der Waals surface area contributed by atoms with Gasteiger partial charge in [0.05, 0.1) is 0 Å². The molecule has 3 nitrogen and oxygen atoms in total. The molecule has 2 aromatic rings. The average molecular weight is 304 g/mol. The Morgan fingerprint density at radius 2 is 1.57 bits per heavy atom. The largest absolute Gasteiger partial charge is 0.319 e. The summed E-state index contributed by atoms with van der Waals surface area (Å²) in [6, 6.07) is 7.71. The highest BCUT2D eigenvalue weighted by atomic mass is 35.5. The van der Waals surface area contributed by atoms with Crippen LogP contribution in [0, 0.1) is 0 Å². The lowest BCUT2D eigenvalue weighted by Crippen LogP contribution is -2.15. The summed E-state index contributed by atoms with van der Waals surface area (Å²) in [5.41, 5.74) is 4.63. The average Bonchev–Trinajstić information content (AvgIpc) is 2.52. The van der Waals surface area contributed by atoms with Crippen molar-refractivity contribution in [3.8, 4) is 11.4 Å². The van der Waals surface area contributed by atoms with Crippen molar-refractivity contribution in [1.82, 2.24) is 15.3 Å². The summed E-state index contributed by atoms with van der Waals surface area (Å²) in [5.74, 6) is 0.800. The van der Waals surface area contributed by atoms with E-state index >= 15 is 0 Å². The van der Waals surface area contributed by atoms with Crippen LogP contribution in [0.5, 0.6) is 0 Å². The van der Waals surface area contributed by atoms with Crippen LogP contribution in [0.3, 0.4) is 0 Å². The number of benzene rings is 1. The molecule has 2 rings (SSSR count). The van der Waals surface area contributed by atoms with E-state index in [0.717, 1.165) is 53.6 Å². The third kappa shape index (κ3) is 3.80. The molecule has 1 N–H and O–H groups in total. The van der Waals surface area contributed by atoms with Crippen molar-refractivity contribution >= 4 is 11.6 Å². The van der Waals surface area contributed by atoms with Gasteiger partial charge in [-0.25, -0.2) is 9.97 Å². The van der Waals surface area contributed by atoms with E-state index in [0.29, 0.717) is 0 Å². The SMILES string of the molecule is CCc1nc(-c2ccc(Cl)cc2)nc(CC)c1CCNC. The highest BCUT2D eigenvalue weighted by molar-refractivity contribution is 6.30. The molecule has 0 spiro atoms. The molecule has 1 aromatic carbocycles. The lowest BCUT2D eigenvalue weighted by molar-refractivity contribution is 0.760. The summed E-state index contributed by atoms with van der Waals surface area (Å²) >= 11 is 5.95. The Bertz CT molecular complexity index is 568. The lowest BCUT2D eigenvalue weighted by Gasteiger charge is -2.14. The standard InChI is InChI=1S/C17H22ClN3/c1-4-15-14(10-11-19-3)16(5-2)21-17(20-15)12-6-8-13(18)9-7-12/h6-9,19H,4-5,10-11H2,1-3H3. The molecule has 0 aliphatic carbocycles. The van der Waals surface area contributed by atoms with E-state index in [-0.39, 0.29) is 0 Å². The molecule has 0 saturated carbocycles. The second kappa shape index (κ2) is 7.53. The van der Waals surface area contributed by atoms with Gasteiger partial charge in [0, 0.05) is 22.0 Å². The summed E-state index contributed by atoms with van der Waals surface area (Å²) in [5, 5.41) is 3.93. The summed E-state index contributed by atoms with van der Waals surface area (Å²) < 4.78 is 0. The number of hydrogen-bond acceptors (Lipinski definition) is 3. The minimum absolute atomic E-state index is 0.732.